The second kappa shape index (κ2) is 8.72. The quantitative estimate of drug-likeness (QED) is 0.791. The molecule has 1 aliphatic heterocycles. The Morgan fingerprint density at radius 3 is 2.79 bits per heavy atom. The highest BCUT2D eigenvalue weighted by molar-refractivity contribution is 7.16. The SMILES string of the molecule is CCOC(=O)N1CCc2c(sc(NC(=O)C=Cc3ccc(C)cc3)c2C#N)C1. The first kappa shape index (κ1) is 19.6. The fourth-order valence-electron chi connectivity index (χ4n) is 2.98. The molecule has 28 heavy (non-hydrogen) atoms. The highest BCUT2D eigenvalue weighted by atomic mass is 32.1. The van der Waals surface area contributed by atoms with Gasteiger partial charge in [0, 0.05) is 17.5 Å². The number of hydrogen-bond acceptors (Lipinski definition) is 5. The van der Waals surface area contributed by atoms with Crippen LogP contribution in [0.25, 0.3) is 6.08 Å². The zero-order chi connectivity index (χ0) is 20.1. The van der Waals surface area contributed by atoms with Crippen molar-refractivity contribution in [1.82, 2.24) is 4.90 Å². The molecule has 0 fully saturated rings. The third-order valence-corrected chi connectivity index (χ3v) is 5.57. The number of hydrogen-bond donors (Lipinski definition) is 1. The summed E-state index contributed by atoms with van der Waals surface area (Å²) in [7, 11) is 0. The van der Waals surface area contributed by atoms with Crippen LogP contribution in [-0.4, -0.2) is 30.1 Å². The van der Waals surface area contributed by atoms with Crippen molar-refractivity contribution in [2.24, 2.45) is 0 Å². The number of nitriles is 1. The van der Waals surface area contributed by atoms with Crippen LogP contribution in [0.1, 0.15) is 34.1 Å². The van der Waals surface area contributed by atoms with Crippen LogP contribution in [0.15, 0.2) is 30.3 Å². The van der Waals surface area contributed by atoms with Crippen molar-refractivity contribution in [2.75, 3.05) is 18.5 Å². The van der Waals surface area contributed by atoms with Crippen LogP contribution in [0.4, 0.5) is 9.80 Å². The van der Waals surface area contributed by atoms with E-state index in [2.05, 4.69) is 11.4 Å². The average Bonchev–Trinajstić information content (AvgIpc) is 3.03. The van der Waals surface area contributed by atoms with Crippen LogP contribution < -0.4 is 5.32 Å². The summed E-state index contributed by atoms with van der Waals surface area (Å²) < 4.78 is 5.05. The van der Waals surface area contributed by atoms with Gasteiger partial charge in [0.25, 0.3) is 0 Å². The van der Waals surface area contributed by atoms with Crippen LogP contribution in [0.2, 0.25) is 0 Å². The smallest absolute Gasteiger partial charge is 0.410 e. The van der Waals surface area contributed by atoms with E-state index >= 15 is 0 Å². The van der Waals surface area contributed by atoms with Crippen LogP contribution in [0, 0.1) is 18.3 Å². The average molecular weight is 395 g/mol. The molecule has 0 aliphatic carbocycles. The van der Waals surface area contributed by atoms with Gasteiger partial charge in [0.15, 0.2) is 0 Å². The molecule has 0 saturated carbocycles. The van der Waals surface area contributed by atoms with Crippen molar-refractivity contribution in [1.29, 1.82) is 5.26 Å². The summed E-state index contributed by atoms with van der Waals surface area (Å²) >= 11 is 1.34. The van der Waals surface area contributed by atoms with Crippen molar-refractivity contribution in [3.63, 3.8) is 0 Å². The number of nitrogens with one attached hydrogen (secondary N) is 1. The fraction of sp³-hybridized carbons (Fsp3) is 0.286. The van der Waals surface area contributed by atoms with E-state index in [1.807, 2.05) is 31.2 Å². The highest BCUT2D eigenvalue weighted by Crippen LogP contribution is 2.36. The summed E-state index contributed by atoms with van der Waals surface area (Å²) in [6, 6.07) is 10.0. The summed E-state index contributed by atoms with van der Waals surface area (Å²) in [5.41, 5.74) is 3.48. The minimum Gasteiger partial charge on any atom is -0.450 e. The van der Waals surface area contributed by atoms with Crippen molar-refractivity contribution >= 4 is 34.4 Å². The maximum Gasteiger partial charge on any atom is 0.410 e. The lowest BCUT2D eigenvalue weighted by Gasteiger charge is -2.25. The Balaban J connectivity index is 1.73. The van der Waals surface area contributed by atoms with E-state index in [0.29, 0.717) is 36.7 Å². The number of carbonyl (C=O) groups is 2. The van der Waals surface area contributed by atoms with Gasteiger partial charge in [-0.05, 0) is 37.5 Å². The van der Waals surface area contributed by atoms with Crippen LogP contribution in [0.3, 0.4) is 0 Å². The van der Waals surface area contributed by atoms with Gasteiger partial charge in [0.1, 0.15) is 11.1 Å². The third kappa shape index (κ3) is 4.41. The van der Waals surface area contributed by atoms with E-state index in [-0.39, 0.29) is 12.0 Å². The van der Waals surface area contributed by atoms with E-state index < -0.39 is 0 Å². The van der Waals surface area contributed by atoms with Gasteiger partial charge >= 0.3 is 6.09 Å². The Bertz CT molecular complexity index is 955. The van der Waals surface area contributed by atoms with Gasteiger partial charge < -0.3 is 15.0 Å². The standard InChI is InChI=1S/C21H21N3O3S/c1-3-27-21(26)24-11-10-16-17(12-22)20(28-18(16)13-24)23-19(25)9-8-15-6-4-14(2)5-7-15/h4-9H,3,10-11,13H2,1-2H3,(H,23,25). The number of benzene rings is 1. The predicted octanol–water partition coefficient (Wildman–Crippen LogP) is 4.09. The molecule has 0 spiro atoms. The number of thiophene rings is 1. The lowest BCUT2D eigenvalue weighted by atomic mass is 10.0. The molecule has 0 radical (unpaired) electrons. The molecule has 0 unspecified atom stereocenters. The number of carbonyl (C=O) groups excluding carboxylic acids is 2. The molecule has 2 amide bonds. The van der Waals surface area contributed by atoms with Gasteiger partial charge in [-0.1, -0.05) is 29.8 Å². The first-order valence-electron chi connectivity index (χ1n) is 9.04. The summed E-state index contributed by atoms with van der Waals surface area (Å²) in [6.45, 7) is 4.99. The van der Waals surface area contributed by atoms with Crippen LogP contribution in [-0.2, 0) is 22.5 Å². The minimum absolute atomic E-state index is 0.294. The number of ether oxygens (including phenoxy) is 1. The van der Waals surface area contributed by atoms with Crippen molar-refractivity contribution in [2.45, 2.75) is 26.8 Å². The zero-order valence-electron chi connectivity index (χ0n) is 15.8. The first-order valence-corrected chi connectivity index (χ1v) is 9.85. The molecule has 2 heterocycles. The molecule has 1 aromatic heterocycles. The van der Waals surface area contributed by atoms with E-state index in [1.54, 1.807) is 17.9 Å². The van der Waals surface area contributed by atoms with Gasteiger partial charge in [-0.15, -0.1) is 11.3 Å². The number of anilines is 1. The van der Waals surface area contributed by atoms with Gasteiger partial charge in [-0.3, -0.25) is 4.79 Å². The maximum absolute atomic E-state index is 12.3. The Hall–Kier alpha value is -3.11. The zero-order valence-corrected chi connectivity index (χ0v) is 16.6. The third-order valence-electron chi connectivity index (χ3n) is 4.44. The van der Waals surface area contributed by atoms with Gasteiger partial charge in [-0.25, -0.2) is 4.79 Å². The summed E-state index contributed by atoms with van der Waals surface area (Å²) in [5.74, 6) is -0.294. The topological polar surface area (TPSA) is 82.4 Å². The van der Waals surface area contributed by atoms with Gasteiger partial charge in [0.05, 0.1) is 18.7 Å². The van der Waals surface area contributed by atoms with Crippen molar-refractivity contribution in [3.05, 3.63) is 57.5 Å². The maximum atomic E-state index is 12.3. The van der Waals surface area contributed by atoms with E-state index in [4.69, 9.17) is 4.74 Å². The monoisotopic (exact) mass is 395 g/mol. The van der Waals surface area contributed by atoms with Crippen LogP contribution >= 0.6 is 11.3 Å². The molecule has 1 aromatic carbocycles. The molecule has 6 nitrogen and oxygen atoms in total. The Morgan fingerprint density at radius 2 is 2.11 bits per heavy atom. The molecule has 2 aromatic rings. The minimum atomic E-state index is -0.355. The lowest BCUT2D eigenvalue weighted by Crippen LogP contribution is -2.35. The van der Waals surface area contributed by atoms with E-state index in [9.17, 15) is 14.9 Å². The van der Waals surface area contributed by atoms with E-state index in [1.165, 1.54) is 17.4 Å². The normalized spacial score (nSPS) is 13.1. The molecule has 3 rings (SSSR count). The number of nitrogens with zero attached hydrogens (tertiary/aromatic N) is 2. The number of aryl methyl sites for hydroxylation is 1. The molecular weight excluding hydrogens is 374 g/mol. The van der Waals surface area contributed by atoms with Crippen LogP contribution in [0.5, 0.6) is 0 Å². The second-order valence-electron chi connectivity index (χ2n) is 6.42. The lowest BCUT2D eigenvalue weighted by molar-refractivity contribution is -0.111. The molecular formula is C21H21N3O3S. The summed E-state index contributed by atoms with van der Waals surface area (Å²) in [4.78, 5) is 26.8. The molecule has 1 N–H and O–H groups in total. The van der Waals surface area contributed by atoms with Gasteiger partial charge in [0.2, 0.25) is 5.91 Å². The molecule has 0 atom stereocenters. The fourth-order valence-corrected chi connectivity index (χ4v) is 4.20. The molecule has 0 bridgehead atoms. The van der Waals surface area contributed by atoms with Crippen molar-refractivity contribution in [3.8, 4) is 6.07 Å². The number of fused-ring (bicyclic) bond motifs is 1. The highest BCUT2D eigenvalue weighted by Gasteiger charge is 2.27. The molecule has 1 aliphatic rings. The van der Waals surface area contributed by atoms with Gasteiger partial charge in [-0.2, -0.15) is 5.26 Å². The summed E-state index contributed by atoms with van der Waals surface area (Å²) in [5, 5.41) is 12.9. The Morgan fingerprint density at radius 1 is 1.36 bits per heavy atom. The van der Waals surface area contributed by atoms with Crippen molar-refractivity contribution < 1.29 is 14.3 Å². The second-order valence-corrected chi connectivity index (χ2v) is 7.53. The molecule has 144 valence electrons. The number of rotatable bonds is 4. The first-order chi connectivity index (χ1) is 13.5. The van der Waals surface area contributed by atoms with E-state index in [0.717, 1.165) is 21.6 Å². The Labute approximate surface area is 168 Å². The Kier molecular flexibility index (Phi) is 6.12. The number of amides is 2. The largest absolute Gasteiger partial charge is 0.450 e. The predicted molar refractivity (Wildman–Crippen MR) is 109 cm³/mol. The molecule has 7 heteroatoms. The summed E-state index contributed by atoms with van der Waals surface area (Å²) in [6.07, 6.45) is 3.40. The molecule has 0 saturated heterocycles.